The summed E-state index contributed by atoms with van der Waals surface area (Å²) in [5, 5.41) is 0. The second-order valence-corrected chi connectivity index (χ2v) is 7.94. The summed E-state index contributed by atoms with van der Waals surface area (Å²) in [6.45, 7) is 2.28. The van der Waals surface area contributed by atoms with Crippen molar-refractivity contribution < 1.29 is 0 Å². The lowest BCUT2D eigenvalue weighted by molar-refractivity contribution is 0.548. The molecule has 0 aliphatic heterocycles. The van der Waals surface area contributed by atoms with Gasteiger partial charge < -0.3 is 11.5 Å². The smallest absolute Gasteiger partial charge is 0.191 e. The third-order valence-corrected chi connectivity index (χ3v) is 5.46. The van der Waals surface area contributed by atoms with E-state index in [2.05, 4.69) is 24.0 Å². The molecule has 0 amide bonds. The first kappa shape index (κ1) is 21.9. The van der Waals surface area contributed by atoms with Gasteiger partial charge in [0.1, 0.15) is 0 Å². The van der Waals surface area contributed by atoms with E-state index >= 15 is 0 Å². The topological polar surface area (TPSA) is 64.4 Å². The van der Waals surface area contributed by atoms with Crippen molar-refractivity contribution in [1.82, 2.24) is 0 Å². The summed E-state index contributed by atoms with van der Waals surface area (Å²) in [5.74, 6) is 1.30. The molecule has 25 heavy (non-hydrogen) atoms. The van der Waals surface area contributed by atoms with Crippen molar-refractivity contribution >= 4 is 23.4 Å². The van der Waals surface area contributed by atoms with E-state index in [-0.39, 0.29) is 5.96 Å². The molecule has 4 N–H and O–H groups in total. The summed E-state index contributed by atoms with van der Waals surface area (Å²) in [4.78, 5) is 5.32. The Bertz CT molecular complexity index is 453. The van der Waals surface area contributed by atoms with Gasteiger partial charge in [-0.25, -0.2) is 4.99 Å². The molecule has 3 nitrogen and oxygen atoms in total. The first-order chi connectivity index (χ1) is 12.2. The van der Waals surface area contributed by atoms with Crippen LogP contribution < -0.4 is 11.5 Å². The average Bonchev–Trinajstić information content (AvgIpc) is 2.60. The molecule has 0 bridgehead atoms. The van der Waals surface area contributed by atoms with Crippen molar-refractivity contribution in [1.29, 1.82) is 0 Å². The fraction of sp³-hybridized carbons (Fsp3) is 0.667. The van der Waals surface area contributed by atoms with Crippen LogP contribution in [0.25, 0.3) is 0 Å². The van der Waals surface area contributed by atoms with Gasteiger partial charge in [-0.3, -0.25) is 0 Å². The minimum absolute atomic E-state index is 0.108. The zero-order valence-corrected chi connectivity index (χ0v) is 16.8. The van der Waals surface area contributed by atoms with Crippen LogP contribution in [0.15, 0.2) is 34.2 Å². The summed E-state index contributed by atoms with van der Waals surface area (Å²) in [6, 6.07) is 8.11. The van der Waals surface area contributed by atoms with Gasteiger partial charge in [-0.1, -0.05) is 77.6 Å². The molecule has 1 rings (SSSR count). The Balaban J connectivity index is 1.91. The number of unbranched alkanes of at least 4 members (excludes halogenated alkanes) is 11. The van der Waals surface area contributed by atoms with Gasteiger partial charge in [0.15, 0.2) is 5.96 Å². The molecule has 0 aliphatic carbocycles. The summed E-state index contributed by atoms with van der Waals surface area (Å²) >= 11 is 1.92. The Morgan fingerprint density at radius 3 is 1.72 bits per heavy atom. The largest absolute Gasteiger partial charge is 0.370 e. The van der Waals surface area contributed by atoms with Gasteiger partial charge in [0, 0.05) is 4.90 Å². The quantitative estimate of drug-likeness (QED) is 0.164. The monoisotopic (exact) mass is 363 g/mol. The van der Waals surface area contributed by atoms with Gasteiger partial charge in [-0.2, -0.15) is 0 Å². The number of hydrogen-bond donors (Lipinski definition) is 2. The molecule has 0 radical (unpaired) electrons. The summed E-state index contributed by atoms with van der Waals surface area (Å²) in [7, 11) is 0. The van der Waals surface area contributed by atoms with Crippen LogP contribution in [0.5, 0.6) is 0 Å². The minimum atomic E-state index is 0.108. The molecular formula is C21H37N3S. The van der Waals surface area contributed by atoms with Gasteiger partial charge in [0.2, 0.25) is 0 Å². The molecule has 1 aromatic rings. The van der Waals surface area contributed by atoms with Crippen molar-refractivity contribution in [2.45, 2.75) is 88.9 Å². The number of guanidine groups is 1. The van der Waals surface area contributed by atoms with Gasteiger partial charge in [-0.05, 0) is 36.4 Å². The molecule has 4 heteroatoms. The first-order valence-electron chi connectivity index (χ1n) is 10.0. The highest BCUT2D eigenvalue weighted by molar-refractivity contribution is 7.99. The molecule has 0 saturated heterocycles. The Hall–Kier alpha value is -1.16. The third kappa shape index (κ3) is 12.8. The van der Waals surface area contributed by atoms with Crippen LogP contribution in [0.1, 0.15) is 84.0 Å². The van der Waals surface area contributed by atoms with E-state index in [1.807, 2.05) is 23.9 Å². The fourth-order valence-corrected chi connectivity index (χ4v) is 3.81. The molecular weight excluding hydrogens is 326 g/mol. The maximum Gasteiger partial charge on any atom is 0.191 e. The van der Waals surface area contributed by atoms with Crippen LogP contribution >= 0.6 is 11.8 Å². The first-order valence-corrected chi connectivity index (χ1v) is 11.0. The standard InChI is InChI=1S/C21H37N3S/c1-2-3-4-5-6-7-8-9-10-11-12-13-18-25-20-16-14-19(15-17-20)24-21(22)23/h14-17H,2-13,18H2,1H3,(H4,22,23,24). The SMILES string of the molecule is CCCCCCCCCCCCCCSc1ccc(N=C(N)N)cc1. The number of aliphatic imine (C=N–C) groups is 1. The number of nitrogens with two attached hydrogens (primary N) is 2. The van der Waals surface area contributed by atoms with E-state index in [1.165, 1.54) is 87.7 Å². The molecule has 0 heterocycles. The van der Waals surface area contributed by atoms with Crippen molar-refractivity contribution in [3.05, 3.63) is 24.3 Å². The summed E-state index contributed by atoms with van der Waals surface area (Å²) in [5.41, 5.74) is 11.6. The zero-order valence-electron chi connectivity index (χ0n) is 16.0. The molecule has 0 atom stereocenters. The number of nitrogens with zero attached hydrogens (tertiary/aromatic N) is 1. The van der Waals surface area contributed by atoms with Crippen molar-refractivity contribution in [3.8, 4) is 0 Å². The summed E-state index contributed by atoms with van der Waals surface area (Å²) < 4.78 is 0. The molecule has 0 spiro atoms. The van der Waals surface area contributed by atoms with E-state index in [0.29, 0.717) is 0 Å². The van der Waals surface area contributed by atoms with E-state index in [0.717, 1.165) is 5.69 Å². The predicted octanol–water partition coefficient (Wildman–Crippen LogP) is 6.38. The third-order valence-electron chi connectivity index (χ3n) is 4.36. The number of rotatable bonds is 15. The second-order valence-electron chi connectivity index (χ2n) is 6.77. The predicted molar refractivity (Wildman–Crippen MR) is 114 cm³/mol. The molecule has 1 aromatic carbocycles. The Labute approximate surface area is 159 Å². The highest BCUT2D eigenvalue weighted by Gasteiger charge is 1.97. The van der Waals surface area contributed by atoms with Crippen LogP contribution in [0.2, 0.25) is 0 Å². The van der Waals surface area contributed by atoms with Gasteiger partial charge in [-0.15, -0.1) is 11.8 Å². The lowest BCUT2D eigenvalue weighted by Crippen LogP contribution is -2.21. The summed E-state index contributed by atoms with van der Waals surface area (Å²) in [6.07, 6.45) is 16.8. The second kappa shape index (κ2) is 15.1. The van der Waals surface area contributed by atoms with E-state index in [9.17, 15) is 0 Å². The fourth-order valence-electron chi connectivity index (χ4n) is 2.90. The lowest BCUT2D eigenvalue weighted by atomic mass is 10.1. The Morgan fingerprint density at radius 1 is 0.760 bits per heavy atom. The van der Waals surface area contributed by atoms with Crippen molar-refractivity contribution in [2.75, 3.05) is 5.75 Å². The highest BCUT2D eigenvalue weighted by atomic mass is 32.2. The van der Waals surface area contributed by atoms with E-state index in [4.69, 9.17) is 11.5 Å². The number of benzene rings is 1. The highest BCUT2D eigenvalue weighted by Crippen LogP contribution is 2.23. The normalized spacial score (nSPS) is 10.8. The Morgan fingerprint density at radius 2 is 1.24 bits per heavy atom. The van der Waals surface area contributed by atoms with Crippen LogP contribution in [0, 0.1) is 0 Å². The molecule has 0 aliphatic rings. The van der Waals surface area contributed by atoms with E-state index < -0.39 is 0 Å². The van der Waals surface area contributed by atoms with Crippen molar-refractivity contribution in [3.63, 3.8) is 0 Å². The molecule has 0 saturated carbocycles. The van der Waals surface area contributed by atoms with Gasteiger partial charge in [0.05, 0.1) is 5.69 Å². The lowest BCUT2D eigenvalue weighted by Gasteiger charge is -2.04. The molecule has 0 aromatic heterocycles. The maximum atomic E-state index is 5.37. The molecule has 0 unspecified atom stereocenters. The van der Waals surface area contributed by atoms with Crippen LogP contribution in [0.3, 0.4) is 0 Å². The minimum Gasteiger partial charge on any atom is -0.370 e. The van der Waals surface area contributed by atoms with Crippen LogP contribution in [-0.2, 0) is 0 Å². The van der Waals surface area contributed by atoms with Crippen LogP contribution in [-0.4, -0.2) is 11.7 Å². The zero-order chi connectivity index (χ0) is 18.2. The Kier molecular flexibility index (Phi) is 13.2. The van der Waals surface area contributed by atoms with Crippen LogP contribution in [0.4, 0.5) is 5.69 Å². The number of thioether (sulfide) groups is 1. The average molecular weight is 364 g/mol. The maximum absolute atomic E-state index is 5.37. The number of hydrogen-bond acceptors (Lipinski definition) is 2. The van der Waals surface area contributed by atoms with Crippen molar-refractivity contribution in [2.24, 2.45) is 16.5 Å². The molecule has 142 valence electrons. The van der Waals surface area contributed by atoms with Gasteiger partial charge in [0.25, 0.3) is 0 Å². The molecule has 0 fully saturated rings. The van der Waals surface area contributed by atoms with Gasteiger partial charge >= 0.3 is 0 Å². The van der Waals surface area contributed by atoms with E-state index in [1.54, 1.807) is 0 Å².